The molecule has 0 radical (unpaired) electrons. The third kappa shape index (κ3) is 3.09. The summed E-state index contributed by atoms with van der Waals surface area (Å²) < 4.78 is 2.39. The van der Waals surface area contributed by atoms with Gasteiger partial charge < -0.3 is 14.4 Å². The molecule has 1 aliphatic heterocycles. The molecule has 128 valence electrons. The van der Waals surface area contributed by atoms with Crippen LogP contribution in [0.4, 0.5) is 11.6 Å². The summed E-state index contributed by atoms with van der Waals surface area (Å²) in [6.45, 7) is 3.19. The van der Waals surface area contributed by atoms with Crippen molar-refractivity contribution < 1.29 is 0 Å². The van der Waals surface area contributed by atoms with E-state index in [1.54, 1.807) is 12.4 Å². The lowest BCUT2D eigenvalue weighted by Crippen LogP contribution is -2.35. The van der Waals surface area contributed by atoms with Crippen LogP contribution in [0.25, 0.3) is 0 Å². The van der Waals surface area contributed by atoms with Gasteiger partial charge in [-0.25, -0.2) is 15.0 Å². The van der Waals surface area contributed by atoms with E-state index in [4.69, 9.17) is 0 Å². The fourth-order valence-electron chi connectivity index (χ4n) is 3.62. The van der Waals surface area contributed by atoms with Gasteiger partial charge in [0.1, 0.15) is 5.82 Å². The summed E-state index contributed by atoms with van der Waals surface area (Å²) in [6.07, 6.45) is 12.7. The maximum absolute atomic E-state index is 4.67. The third-order valence-electron chi connectivity index (χ3n) is 5.14. The van der Waals surface area contributed by atoms with Crippen molar-refractivity contribution in [2.24, 2.45) is 5.92 Å². The minimum absolute atomic E-state index is 0.564. The molecule has 1 saturated carbocycles. The van der Waals surface area contributed by atoms with Crippen molar-refractivity contribution in [3.8, 4) is 0 Å². The van der Waals surface area contributed by atoms with Crippen molar-refractivity contribution in [3.05, 3.63) is 30.6 Å². The first-order valence-electron chi connectivity index (χ1n) is 8.96. The highest BCUT2D eigenvalue weighted by Gasteiger charge is 2.28. The van der Waals surface area contributed by atoms with Crippen LogP contribution in [0, 0.1) is 5.92 Å². The van der Waals surface area contributed by atoms with Crippen molar-refractivity contribution >= 4 is 11.6 Å². The first-order valence-corrected chi connectivity index (χ1v) is 8.96. The van der Waals surface area contributed by atoms with E-state index in [9.17, 15) is 0 Å². The minimum Gasteiger partial charge on any atom is -0.360 e. The first kappa shape index (κ1) is 15.4. The standard InChI is InChI=1S/C18H26N6/c1-22(2)17-18(20-8-7-19-17)23-10-5-15(6-11-23)16-21-9-12-24(16)13-14-3-4-14/h7-9,12,14-15H,3-6,10-11,13H2,1-2H3. The molecule has 2 aliphatic rings. The van der Waals surface area contributed by atoms with Gasteiger partial charge in [0.25, 0.3) is 0 Å². The highest BCUT2D eigenvalue weighted by molar-refractivity contribution is 5.61. The molecule has 24 heavy (non-hydrogen) atoms. The minimum atomic E-state index is 0.564. The zero-order chi connectivity index (χ0) is 16.5. The second-order valence-electron chi connectivity index (χ2n) is 7.24. The van der Waals surface area contributed by atoms with E-state index < -0.39 is 0 Å². The zero-order valence-electron chi connectivity index (χ0n) is 14.6. The van der Waals surface area contributed by atoms with Crippen molar-refractivity contribution in [2.75, 3.05) is 37.0 Å². The summed E-state index contributed by atoms with van der Waals surface area (Å²) in [7, 11) is 4.05. The lowest BCUT2D eigenvalue weighted by atomic mass is 9.96. The van der Waals surface area contributed by atoms with E-state index in [0.717, 1.165) is 50.0 Å². The summed E-state index contributed by atoms with van der Waals surface area (Å²) in [6, 6.07) is 0. The third-order valence-corrected chi connectivity index (χ3v) is 5.14. The summed E-state index contributed by atoms with van der Waals surface area (Å²) in [5.74, 6) is 4.69. The smallest absolute Gasteiger partial charge is 0.171 e. The van der Waals surface area contributed by atoms with Crippen molar-refractivity contribution in [3.63, 3.8) is 0 Å². The molecule has 0 atom stereocenters. The topological polar surface area (TPSA) is 50.1 Å². The Hall–Kier alpha value is -2.11. The number of hydrogen-bond donors (Lipinski definition) is 0. The number of hydrogen-bond acceptors (Lipinski definition) is 5. The summed E-state index contributed by atoms with van der Waals surface area (Å²) >= 11 is 0. The fourth-order valence-corrected chi connectivity index (χ4v) is 3.62. The van der Waals surface area contributed by atoms with Crippen LogP contribution in [-0.4, -0.2) is 46.7 Å². The number of piperidine rings is 1. The molecule has 0 amide bonds. The molecule has 0 unspecified atom stereocenters. The molecule has 0 bridgehead atoms. The van der Waals surface area contributed by atoms with E-state index in [-0.39, 0.29) is 0 Å². The molecular formula is C18H26N6. The van der Waals surface area contributed by atoms with Crippen LogP contribution in [0.2, 0.25) is 0 Å². The predicted octanol–water partition coefficient (Wildman–Crippen LogP) is 2.53. The molecule has 6 heteroatoms. The van der Waals surface area contributed by atoms with Gasteiger partial charge in [-0.05, 0) is 31.6 Å². The Morgan fingerprint density at radius 2 is 1.75 bits per heavy atom. The Morgan fingerprint density at radius 1 is 1.00 bits per heavy atom. The highest BCUT2D eigenvalue weighted by atomic mass is 15.3. The van der Waals surface area contributed by atoms with E-state index in [1.165, 1.54) is 18.7 Å². The molecule has 4 rings (SSSR count). The maximum Gasteiger partial charge on any atom is 0.171 e. The lowest BCUT2D eigenvalue weighted by molar-refractivity contribution is 0.456. The van der Waals surface area contributed by atoms with E-state index >= 15 is 0 Å². The Labute approximate surface area is 143 Å². The van der Waals surface area contributed by atoms with Crippen LogP contribution in [0.3, 0.4) is 0 Å². The summed E-state index contributed by atoms with van der Waals surface area (Å²) in [5, 5.41) is 0. The molecule has 6 nitrogen and oxygen atoms in total. The monoisotopic (exact) mass is 326 g/mol. The van der Waals surface area contributed by atoms with Crippen LogP contribution in [0.15, 0.2) is 24.8 Å². The van der Waals surface area contributed by atoms with Crippen LogP contribution < -0.4 is 9.80 Å². The molecule has 1 aliphatic carbocycles. The number of imidazole rings is 1. The molecule has 2 aromatic rings. The van der Waals surface area contributed by atoms with Gasteiger partial charge >= 0.3 is 0 Å². The molecule has 0 spiro atoms. The molecule has 2 fully saturated rings. The SMILES string of the molecule is CN(C)c1nccnc1N1CCC(c2nccn2CC2CC2)CC1. The van der Waals surface area contributed by atoms with Crippen LogP contribution >= 0.6 is 0 Å². The predicted molar refractivity (Wildman–Crippen MR) is 95.5 cm³/mol. The van der Waals surface area contributed by atoms with Gasteiger partial charge in [-0.15, -0.1) is 0 Å². The van der Waals surface area contributed by atoms with Crippen molar-refractivity contribution in [2.45, 2.75) is 38.1 Å². The Bertz CT molecular complexity index is 682. The molecular weight excluding hydrogens is 300 g/mol. The number of nitrogens with zero attached hydrogens (tertiary/aromatic N) is 6. The van der Waals surface area contributed by atoms with Crippen LogP contribution in [-0.2, 0) is 6.54 Å². The first-order chi connectivity index (χ1) is 11.7. The van der Waals surface area contributed by atoms with Crippen molar-refractivity contribution in [1.82, 2.24) is 19.5 Å². The molecule has 1 saturated heterocycles. The second kappa shape index (κ2) is 6.42. The lowest BCUT2D eigenvalue weighted by Gasteiger charge is -2.34. The van der Waals surface area contributed by atoms with Crippen LogP contribution in [0.1, 0.15) is 37.4 Å². The average Bonchev–Trinajstić information content (AvgIpc) is 3.30. The van der Waals surface area contributed by atoms with Gasteiger partial charge in [-0.3, -0.25) is 0 Å². The highest BCUT2D eigenvalue weighted by Crippen LogP contribution is 2.34. The molecule has 0 aromatic carbocycles. The van der Waals surface area contributed by atoms with E-state index in [2.05, 4.69) is 30.6 Å². The maximum atomic E-state index is 4.67. The van der Waals surface area contributed by atoms with Gasteiger partial charge in [0, 0.05) is 64.4 Å². The van der Waals surface area contributed by atoms with E-state index in [0.29, 0.717) is 5.92 Å². The Kier molecular flexibility index (Phi) is 4.12. The van der Waals surface area contributed by atoms with Gasteiger partial charge in [-0.2, -0.15) is 0 Å². The van der Waals surface area contributed by atoms with Gasteiger partial charge in [0.15, 0.2) is 11.6 Å². The Morgan fingerprint density at radius 3 is 2.46 bits per heavy atom. The van der Waals surface area contributed by atoms with Crippen molar-refractivity contribution in [1.29, 1.82) is 0 Å². The van der Waals surface area contributed by atoms with Gasteiger partial charge in [0.05, 0.1) is 0 Å². The molecule has 3 heterocycles. The number of aromatic nitrogens is 4. The second-order valence-corrected chi connectivity index (χ2v) is 7.24. The molecule has 0 N–H and O–H groups in total. The van der Waals surface area contributed by atoms with E-state index in [1.807, 2.05) is 25.2 Å². The number of rotatable bonds is 5. The van der Waals surface area contributed by atoms with Gasteiger partial charge in [0.2, 0.25) is 0 Å². The average molecular weight is 326 g/mol. The Balaban J connectivity index is 1.45. The molecule has 2 aromatic heterocycles. The normalized spacial score (nSPS) is 18.8. The van der Waals surface area contributed by atoms with Gasteiger partial charge in [-0.1, -0.05) is 0 Å². The summed E-state index contributed by atoms with van der Waals surface area (Å²) in [5.41, 5.74) is 0. The van der Waals surface area contributed by atoms with Crippen LogP contribution in [0.5, 0.6) is 0 Å². The largest absolute Gasteiger partial charge is 0.360 e. The summed E-state index contributed by atoms with van der Waals surface area (Å²) in [4.78, 5) is 18.1. The number of anilines is 2. The zero-order valence-corrected chi connectivity index (χ0v) is 14.6. The quantitative estimate of drug-likeness (QED) is 0.845. The fraction of sp³-hybridized carbons (Fsp3) is 0.611.